The van der Waals surface area contributed by atoms with E-state index in [9.17, 15) is 14.0 Å². The van der Waals surface area contributed by atoms with E-state index in [1.807, 2.05) is 0 Å². The Kier molecular flexibility index (Phi) is 7.59. The van der Waals surface area contributed by atoms with E-state index in [1.54, 1.807) is 0 Å². The first-order valence-corrected chi connectivity index (χ1v) is 7.63. The number of hydrogen-bond acceptors (Lipinski definition) is 2. The lowest BCUT2D eigenvalue weighted by Crippen LogP contribution is -2.37. The molecule has 114 valence electrons. The molecule has 1 heterocycles. The monoisotopic (exact) mass is 304 g/mol. The summed E-state index contributed by atoms with van der Waals surface area (Å²) < 4.78 is 14.2. The van der Waals surface area contributed by atoms with Crippen LogP contribution in [0.2, 0.25) is 5.15 Å². The average Bonchev–Trinajstić information content (AvgIpc) is 2.42. The van der Waals surface area contributed by atoms with Gasteiger partial charge < -0.3 is 0 Å². The van der Waals surface area contributed by atoms with Gasteiger partial charge in [0.2, 0.25) is 5.82 Å². The topological polar surface area (TPSA) is 54.9 Å². The van der Waals surface area contributed by atoms with E-state index in [2.05, 4.69) is 11.9 Å². The van der Waals surface area contributed by atoms with Crippen LogP contribution in [0.3, 0.4) is 0 Å². The Hall–Kier alpha value is -1.10. The molecule has 0 aliphatic heterocycles. The first-order chi connectivity index (χ1) is 9.57. The summed E-state index contributed by atoms with van der Waals surface area (Å²) in [6, 6.07) is 0. The molecule has 0 spiro atoms. The molecule has 20 heavy (non-hydrogen) atoms. The van der Waals surface area contributed by atoms with Gasteiger partial charge in [-0.25, -0.2) is 4.79 Å². The fraction of sp³-hybridized carbons (Fsp3) is 0.714. The van der Waals surface area contributed by atoms with E-state index in [-0.39, 0.29) is 6.54 Å². The van der Waals surface area contributed by atoms with Crippen LogP contribution in [0, 0.1) is 5.82 Å². The summed E-state index contributed by atoms with van der Waals surface area (Å²) in [7, 11) is 0. The summed E-state index contributed by atoms with van der Waals surface area (Å²) in [6.45, 7) is 2.41. The van der Waals surface area contributed by atoms with Crippen molar-refractivity contribution < 1.29 is 4.39 Å². The summed E-state index contributed by atoms with van der Waals surface area (Å²) in [6.07, 6.45) is 8.86. The standard InChI is InChI=1S/C14H22ClFN2O2/c1-2-3-4-5-6-7-8-9-10-18-13(19)11(16)12(15)17-14(18)20/h2-10H2,1H3,(H,17,20). The lowest BCUT2D eigenvalue weighted by Gasteiger charge is -2.05. The van der Waals surface area contributed by atoms with Crippen molar-refractivity contribution in [2.75, 3.05) is 0 Å². The molecule has 0 amide bonds. The minimum Gasteiger partial charge on any atom is -0.295 e. The van der Waals surface area contributed by atoms with Crippen LogP contribution in [0.5, 0.6) is 0 Å². The van der Waals surface area contributed by atoms with E-state index in [4.69, 9.17) is 11.6 Å². The molecule has 0 aromatic carbocycles. The number of nitrogens with zero attached hydrogens (tertiary/aromatic N) is 1. The molecule has 0 saturated carbocycles. The number of rotatable bonds is 9. The van der Waals surface area contributed by atoms with Crippen LogP contribution in [0.1, 0.15) is 58.3 Å². The highest BCUT2D eigenvalue weighted by molar-refractivity contribution is 6.29. The predicted octanol–water partition coefficient (Wildman–Crippen LogP) is 3.47. The molecular weight excluding hydrogens is 283 g/mol. The van der Waals surface area contributed by atoms with Gasteiger partial charge in [0.25, 0.3) is 5.56 Å². The molecule has 0 unspecified atom stereocenters. The van der Waals surface area contributed by atoms with Gasteiger partial charge in [0.15, 0.2) is 5.15 Å². The van der Waals surface area contributed by atoms with E-state index >= 15 is 0 Å². The van der Waals surface area contributed by atoms with Crippen molar-refractivity contribution >= 4 is 11.6 Å². The SMILES string of the molecule is CCCCCCCCCCn1c(=O)[nH]c(Cl)c(F)c1=O. The highest BCUT2D eigenvalue weighted by Gasteiger charge is 2.11. The number of H-pyrrole nitrogens is 1. The highest BCUT2D eigenvalue weighted by atomic mass is 35.5. The second kappa shape index (κ2) is 8.95. The molecule has 0 bridgehead atoms. The van der Waals surface area contributed by atoms with E-state index < -0.39 is 22.2 Å². The van der Waals surface area contributed by atoms with Gasteiger partial charge >= 0.3 is 5.69 Å². The van der Waals surface area contributed by atoms with Gasteiger partial charge in [-0.05, 0) is 6.42 Å². The number of nitrogens with one attached hydrogen (secondary N) is 1. The lowest BCUT2D eigenvalue weighted by atomic mass is 10.1. The summed E-state index contributed by atoms with van der Waals surface area (Å²) >= 11 is 5.39. The summed E-state index contributed by atoms with van der Waals surface area (Å²) in [5.41, 5.74) is -1.59. The second-order valence-electron chi connectivity index (χ2n) is 4.99. The van der Waals surface area contributed by atoms with Crippen LogP contribution in [0.15, 0.2) is 9.59 Å². The molecule has 0 saturated heterocycles. The van der Waals surface area contributed by atoms with Crippen LogP contribution in [-0.4, -0.2) is 9.55 Å². The van der Waals surface area contributed by atoms with Crippen molar-refractivity contribution in [1.82, 2.24) is 9.55 Å². The number of unbranched alkanes of at least 4 members (excludes halogenated alkanes) is 7. The molecule has 1 aromatic rings. The maximum absolute atomic E-state index is 13.3. The van der Waals surface area contributed by atoms with Crippen LogP contribution in [0.4, 0.5) is 4.39 Å². The van der Waals surface area contributed by atoms with Crippen LogP contribution >= 0.6 is 11.6 Å². The van der Waals surface area contributed by atoms with E-state index in [0.717, 1.165) is 17.4 Å². The van der Waals surface area contributed by atoms with E-state index in [0.29, 0.717) is 6.42 Å². The minimum atomic E-state index is -1.09. The summed E-state index contributed by atoms with van der Waals surface area (Å²) in [5, 5.41) is -0.521. The number of aromatic nitrogens is 2. The molecule has 0 aliphatic carbocycles. The third kappa shape index (κ3) is 5.12. The van der Waals surface area contributed by atoms with Crippen molar-refractivity contribution in [1.29, 1.82) is 0 Å². The average molecular weight is 305 g/mol. The van der Waals surface area contributed by atoms with Gasteiger partial charge in [-0.15, -0.1) is 0 Å². The van der Waals surface area contributed by atoms with E-state index in [1.165, 1.54) is 32.1 Å². The smallest absolute Gasteiger partial charge is 0.295 e. The Bertz CT molecular complexity index is 525. The van der Waals surface area contributed by atoms with Crippen LogP contribution in [0.25, 0.3) is 0 Å². The predicted molar refractivity (Wildman–Crippen MR) is 78.9 cm³/mol. The third-order valence-corrected chi connectivity index (χ3v) is 3.58. The Labute approximate surface area is 123 Å². The molecule has 0 fully saturated rings. The zero-order chi connectivity index (χ0) is 15.0. The first-order valence-electron chi connectivity index (χ1n) is 7.26. The van der Waals surface area contributed by atoms with Gasteiger partial charge in [0.05, 0.1) is 0 Å². The van der Waals surface area contributed by atoms with Crippen molar-refractivity contribution in [2.24, 2.45) is 0 Å². The maximum Gasteiger partial charge on any atom is 0.329 e. The summed E-state index contributed by atoms with van der Waals surface area (Å²) in [4.78, 5) is 25.2. The molecule has 0 atom stereocenters. The van der Waals surface area contributed by atoms with Crippen molar-refractivity contribution in [2.45, 2.75) is 64.8 Å². The van der Waals surface area contributed by atoms with Gasteiger partial charge in [-0.2, -0.15) is 4.39 Å². The van der Waals surface area contributed by atoms with Crippen LogP contribution in [-0.2, 0) is 6.54 Å². The van der Waals surface area contributed by atoms with Gasteiger partial charge in [-0.3, -0.25) is 14.3 Å². The zero-order valence-electron chi connectivity index (χ0n) is 11.9. The molecule has 1 N–H and O–H groups in total. The molecule has 4 nitrogen and oxygen atoms in total. The Morgan fingerprint density at radius 1 is 1.05 bits per heavy atom. The number of aromatic amines is 1. The molecule has 6 heteroatoms. The normalized spacial score (nSPS) is 10.9. The van der Waals surface area contributed by atoms with Gasteiger partial charge in [-0.1, -0.05) is 63.5 Å². The zero-order valence-corrected chi connectivity index (χ0v) is 12.6. The summed E-state index contributed by atoms with van der Waals surface area (Å²) in [5.74, 6) is -1.09. The minimum absolute atomic E-state index is 0.233. The van der Waals surface area contributed by atoms with Gasteiger partial charge in [0.1, 0.15) is 0 Å². The maximum atomic E-state index is 13.3. The molecule has 1 aromatic heterocycles. The highest BCUT2D eigenvalue weighted by Crippen LogP contribution is 2.08. The lowest BCUT2D eigenvalue weighted by molar-refractivity contribution is 0.500. The number of halogens is 2. The second-order valence-corrected chi connectivity index (χ2v) is 5.37. The first kappa shape index (κ1) is 17.0. The van der Waals surface area contributed by atoms with Crippen LogP contribution < -0.4 is 11.2 Å². The Morgan fingerprint density at radius 3 is 2.20 bits per heavy atom. The van der Waals surface area contributed by atoms with Crippen molar-refractivity contribution in [3.8, 4) is 0 Å². The third-order valence-electron chi connectivity index (χ3n) is 3.32. The number of hydrogen-bond donors (Lipinski definition) is 1. The molecular formula is C14H22ClFN2O2. The van der Waals surface area contributed by atoms with Crippen molar-refractivity contribution in [3.05, 3.63) is 31.8 Å². The van der Waals surface area contributed by atoms with Gasteiger partial charge in [0, 0.05) is 6.54 Å². The Balaban J connectivity index is 2.35. The fourth-order valence-electron chi connectivity index (χ4n) is 2.13. The quantitative estimate of drug-likeness (QED) is 0.561. The molecule has 1 rings (SSSR count). The van der Waals surface area contributed by atoms with Crippen molar-refractivity contribution in [3.63, 3.8) is 0 Å². The fourth-order valence-corrected chi connectivity index (χ4v) is 2.29. The molecule has 0 radical (unpaired) electrons. The Morgan fingerprint density at radius 2 is 1.60 bits per heavy atom. The largest absolute Gasteiger partial charge is 0.329 e. The molecule has 0 aliphatic rings.